The number of hydrogen-bond donors (Lipinski definition) is 3. The van der Waals surface area contributed by atoms with E-state index in [4.69, 9.17) is 5.11 Å². The molecule has 26 heavy (non-hydrogen) atoms. The molecule has 2 rings (SSSR count). The third kappa shape index (κ3) is 5.19. The first-order valence-electron chi connectivity index (χ1n) is 8.58. The Kier molecular flexibility index (Phi) is 6.57. The van der Waals surface area contributed by atoms with E-state index in [2.05, 4.69) is 5.32 Å². The lowest BCUT2D eigenvalue weighted by Crippen LogP contribution is -2.51. The van der Waals surface area contributed by atoms with Gasteiger partial charge in [0.25, 0.3) is 0 Å². The Bertz CT molecular complexity index is 641. The molecular weight excluding hydrogens is 338 g/mol. The topological polar surface area (TPSA) is 110 Å². The van der Waals surface area contributed by atoms with Crippen LogP contribution in [0.25, 0.3) is 0 Å². The first-order valence-corrected chi connectivity index (χ1v) is 8.58. The van der Waals surface area contributed by atoms with Crippen LogP contribution >= 0.6 is 0 Å². The Hall–Kier alpha value is -2.61. The van der Waals surface area contributed by atoms with Gasteiger partial charge in [-0.3, -0.25) is 4.79 Å². The number of rotatable bonds is 6. The minimum Gasteiger partial charge on any atom is -0.479 e. The number of carboxylic acid groups (broad SMARTS) is 1. The van der Waals surface area contributed by atoms with E-state index in [0.29, 0.717) is 6.54 Å². The average molecular weight is 363 g/mol. The third-order valence-electron chi connectivity index (χ3n) is 4.57. The molecule has 1 aliphatic heterocycles. The van der Waals surface area contributed by atoms with Gasteiger partial charge in [0.2, 0.25) is 5.91 Å². The van der Waals surface area contributed by atoms with Crippen molar-refractivity contribution in [1.82, 2.24) is 15.1 Å². The van der Waals surface area contributed by atoms with Gasteiger partial charge in [0, 0.05) is 52.5 Å². The lowest BCUT2D eigenvalue weighted by molar-refractivity contribution is -0.165. The van der Waals surface area contributed by atoms with E-state index in [0.717, 1.165) is 5.56 Å². The van der Waals surface area contributed by atoms with Crippen LogP contribution in [0.4, 0.5) is 4.79 Å². The van der Waals surface area contributed by atoms with Crippen LogP contribution in [-0.2, 0) is 16.1 Å². The van der Waals surface area contributed by atoms with Crippen molar-refractivity contribution in [3.8, 4) is 0 Å². The second kappa shape index (κ2) is 8.66. The maximum Gasteiger partial charge on any atom is 0.335 e. The molecule has 0 atom stereocenters. The molecule has 142 valence electrons. The van der Waals surface area contributed by atoms with Crippen molar-refractivity contribution >= 4 is 17.9 Å². The highest BCUT2D eigenvalue weighted by molar-refractivity contribution is 5.80. The van der Waals surface area contributed by atoms with E-state index in [9.17, 15) is 19.5 Å². The normalized spacial score (nSPS) is 16.0. The van der Waals surface area contributed by atoms with Crippen LogP contribution in [-0.4, -0.2) is 70.2 Å². The maximum absolute atomic E-state index is 12.2. The van der Waals surface area contributed by atoms with Gasteiger partial charge in [-0.15, -0.1) is 0 Å². The summed E-state index contributed by atoms with van der Waals surface area (Å²) >= 11 is 0. The molecule has 0 bridgehead atoms. The number of hydrogen-bond acceptors (Lipinski definition) is 4. The minimum absolute atomic E-state index is 0.0141. The standard InChI is InChI=1S/C18H25N3O5/c1-20(13-14-5-3-2-4-6-14)17(25)19-10-7-15(22)21-11-8-18(26,9-12-21)16(23)24/h2-6,26H,7-13H2,1H3,(H,19,25)(H,23,24). The molecule has 1 aliphatic rings. The van der Waals surface area contributed by atoms with Crippen molar-refractivity contribution in [1.29, 1.82) is 0 Å². The van der Waals surface area contributed by atoms with E-state index in [1.807, 2.05) is 30.3 Å². The van der Waals surface area contributed by atoms with Gasteiger partial charge < -0.3 is 25.3 Å². The zero-order valence-electron chi connectivity index (χ0n) is 14.9. The lowest BCUT2D eigenvalue weighted by Gasteiger charge is -2.35. The van der Waals surface area contributed by atoms with Crippen molar-refractivity contribution in [2.24, 2.45) is 0 Å². The molecular formula is C18H25N3O5. The van der Waals surface area contributed by atoms with Crippen LogP contribution in [0.15, 0.2) is 30.3 Å². The first-order chi connectivity index (χ1) is 12.3. The number of likely N-dealkylation sites (tertiary alicyclic amines) is 1. The number of benzene rings is 1. The van der Waals surface area contributed by atoms with Crippen molar-refractivity contribution in [3.63, 3.8) is 0 Å². The quantitative estimate of drug-likeness (QED) is 0.688. The predicted octanol–water partition coefficient (Wildman–Crippen LogP) is 0.656. The Morgan fingerprint density at radius 2 is 1.81 bits per heavy atom. The number of aliphatic carboxylic acids is 1. The van der Waals surface area contributed by atoms with Crippen molar-refractivity contribution in [2.75, 3.05) is 26.7 Å². The maximum atomic E-state index is 12.2. The molecule has 0 spiro atoms. The molecule has 0 unspecified atom stereocenters. The largest absolute Gasteiger partial charge is 0.479 e. The highest BCUT2D eigenvalue weighted by atomic mass is 16.4. The number of nitrogens with one attached hydrogen (secondary N) is 1. The van der Waals surface area contributed by atoms with Crippen LogP contribution in [0.3, 0.4) is 0 Å². The average Bonchev–Trinajstić information content (AvgIpc) is 2.62. The van der Waals surface area contributed by atoms with Gasteiger partial charge in [-0.05, 0) is 5.56 Å². The Morgan fingerprint density at radius 1 is 1.19 bits per heavy atom. The summed E-state index contributed by atoms with van der Waals surface area (Å²) in [4.78, 5) is 38.3. The fourth-order valence-electron chi connectivity index (χ4n) is 2.84. The van der Waals surface area contributed by atoms with Gasteiger partial charge >= 0.3 is 12.0 Å². The Morgan fingerprint density at radius 3 is 2.38 bits per heavy atom. The first kappa shape index (κ1) is 19.7. The number of carbonyl (C=O) groups is 3. The summed E-state index contributed by atoms with van der Waals surface area (Å²) in [6, 6.07) is 9.32. The molecule has 1 heterocycles. The fraction of sp³-hybridized carbons (Fsp3) is 0.500. The van der Waals surface area contributed by atoms with Crippen molar-refractivity contribution in [3.05, 3.63) is 35.9 Å². The summed E-state index contributed by atoms with van der Waals surface area (Å²) in [5, 5.41) is 21.6. The Labute approximate surface area is 152 Å². The van der Waals surface area contributed by atoms with Crippen LogP contribution in [0.2, 0.25) is 0 Å². The summed E-state index contributed by atoms with van der Waals surface area (Å²) in [5.41, 5.74) is -0.731. The number of urea groups is 1. The SMILES string of the molecule is CN(Cc1ccccc1)C(=O)NCCC(=O)N1CCC(O)(C(=O)O)CC1. The predicted molar refractivity (Wildman–Crippen MR) is 94.3 cm³/mol. The lowest BCUT2D eigenvalue weighted by atomic mass is 9.91. The number of aliphatic hydroxyl groups is 1. The summed E-state index contributed by atoms with van der Waals surface area (Å²) in [5.74, 6) is -1.42. The van der Waals surface area contributed by atoms with E-state index < -0.39 is 11.6 Å². The highest BCUT2D eigenvalue weighted by Crippen LogP contribution is 2.22. The van der Waals surface area contributed by atoms with Gasteiger partial charge in [-0.1, -0.05) is 30.3 Å². The Balaban J connectivity index is 1.70. The second-order valence-electron chi connectivity index (χ2n) is 6.54. The molecule has 3 N–H and O–H groups in total. The number of carboxylic acids is 1. The molecule has 0 saturated carbocycles. The smallest absolute Gasteiger partial charge is 0.335 e. The molecule has 3 amide bonds. The van der Waals surface area contributed by atoms with Crippen LogP contribution in [0.1, 0.15) is 24.8 Å². The van der Waals surface area contributed by atoms with Gasteiger partial charge in [0.15, 0.2) is 5.60 Å². The van der Waals surface area contributed by atoms with Crippen LogP contribution in [0.5, 0.6) is 0 Å². The van der Waals surface area contributed by atoms with Crippen LogP contribution < -0.4 is 5.32 Å². The summed E-state index contributed by atoms with van der Waals surface area (Å²) in [6.45, 7) is 1.07. The summed E-state index contributed by atoms with van der Waals surface area (Å²) < 4.78 is 0. The minimum atomic E-state index is -1.74. The summed E-state index contributed by atoms with van der Waals surface area (Å²) in [7, 11) is 1.68. The van der Waals surface area contributed by atoms with E-state index in [1.165, 1.54) is 9.80 Å². The molecule has 1 fully saturated rings. The fourth-order valence-corrected chi connectivity index (χ4v) is 2.84. The zero-order chi connectivity index (χ0) is 19.2. The highest BCUT2D eigenvalue weighted by Gasteiger charge is 2.40. The van der Waals surface area contributed by atoms with E-state index in [-0.39, 0.29) is 50.8 Å². The molecule has 1 saturated heterocycles. The molecule has 0 aromatic heterocycles. The number of amides is 3. The van der Waals surface area contributed by atoms with Gasteiger partial charge in [-0.25, -0.2) is 9.59 Å². The van der Waals surface area contributed by atoms with Crippen molar-refractivity contribution < 1.29 is 24.6 Å². The number of nitrogens with zero attached hydrogens (tertiary/aromatic N) is 2. The van der Waals surface area contributed by atoms with Gasteiger partial charge in [0.05, 0.1) is 0 Å². The van der Waals surface area contributed by atoms with Crippen molar-refractivity contribution in [2.45, 2.75) is 31.4 Å². The molecule has 0 aliphatic carbocycles. The molecule has 8 heteroatoms. The number of carbonyl (C=O) groups excluding carboxylic acids is 2. The third-order valence-corrected chi connectivity index (χ3v) is 4.57. The molecule has 0 radical (unpaired) electrons. The van der Waals surface area contributed by atoms with Gasteiger partial charge in [-0.2, -0.15) is 0 Å². The monoisotopic (exact) mass is 363 g/mol. The van der Waals surface area contributed by atoms with Gasteiger partial charge in [0.1, 0.15) is 0 Å². The molecule has 1 aromatic carbocycles. The van der Waals surface area contributed by atoms with E-state index in [1.54, 1.807) is 7.05 Å². The molecule has 1 aromatic rings. The zero-order valence-corrected chi connectivity index (χ0v) is 14.9. The summed E-state index contributed by atoms with van der Waals surface area (Å²) in [6.07, 6.45) is 0.164. The second-order valence-corrected chi connectivity index (χ2v) is 6.54. The van der Waals surface area contributed by atoms with E-state index >= 15 is 0 Å². The number of piperidine rings is 1. The van der Waals surface area contributed by atoms with Crippen LogP contribution in [0, 0.1) is 0 Å². The molecule has 8 nitrogen and oxygen atoms in total.